The molecule has 6 nitrogen and oxygen atoms in total. The number of carbonyl (C=O) groups excluding carboxylic acids is 1. The zero-order valence-corrected chi connectivity index (χ0v) is 16.4. The van der Waals surface area contributed by atoms with Gasteiger partial charge < -0.3 is 19.9 Å². The van der Waals surface area contributed by atoms with Gasteiger partial charge in [0.1, 0.15) is 22.3 Å². The van der Waals surface area contributed by atoms with Gasteiger partial charge in [-0.25, -0.2) is 4.98 Å². The number of hydrogen-bond donors (Lipinski definition) is 2. The zero-order valence-electron chi connectivity index (χ0n) is 15.6. The Morgan fingerprint density at radius 2 is 1.83 bits per heavy atom. The number of thiazole rings is 1. The van der Waals surface area contributed by atoms with Crippen LogP contribution in [0.3, 0.4) is 0 Å². The summed E-state index contributed by atoms with van der Waals surface area (Å²) in [5.41, 5.74) is 2.00. The Bertz CT molecular complexity index is 1120. The molecule has 1 heterocycles. The topological polar surface area (TPSA) is 80.7 Å². The highest BCUT2D eigenvalue weighted by atomic mass is 32.1. The minimum absolute atomic E-state index is 0.108. The fourth-order valence-electron chi connectivity index (χ4n) is 2.79. The van der Waals surface area contributed by atoms with Gasteiger partial charge >= 0.3 is 0 Å². The number of rotatable bonds is 6. The van der Waals surface area contributed by atoms with Crippen LogP contribution in [-0.4, -0.2) is 29.7 Å². The van der Waals surface area contributed by atoms with Gasteiger partial charge in [0.15, 0.2) is 6.61 Å². The van der Waals surface area contributed by atoms with Crippen LogP contribution in [0.5, 0.6) is 17.2 Å². The Kier molecular flexibility index (Phi) is 5.31. The van der Waals surface area contributed by atoms with Gasteiger partial charge in [0.2, 0.25) is 0 Å². The molecule has 0 fully saturated rings. The van der Waals surface area contributed by atoms with Gasteiger partial charge in [0.25, 0.3) is 5.91 Å². The Labute approximate surface area is 171 Å². The standard InChI is InChI=1S/C22H18N2O4S/c1-27-15-7-9-16(10-8-15)28-13-21(26)23-14-6-11-19(25)17(12-14)22-24-18-4-2-3-5-20(18)29-22/h2-12,25H,13H2,1H3,(H,23,26). The number of anilines is 1. The number of methoxy groups -OCH3 is 1. The Morgan fingerprint density at radius 3 is 2.59 bits per heavy atom. The number of benzene rings is 3. The van der Waals surface area contributed by atoms with Crippen molar-refractivity contribution in [3.05, 3.63) is 66.7 Å². The largest absolute Gasteiger partial charge is 0.507 e. The third kappa shape index (κ3) is 4.30. The number of amides is 1. The van der Waals surface area contributed by atoms with E-state index in [-0.39, 0.29) is 18.3 Å². The number of phenolic OH excluding ortho intramolecular Hbond substituents is 1. The molecule has 0 aliphatic heterocycles. The summed E-state index contributed by atoms with van der Waals surface area (Å²) in [6.07, 6.45) is 0. The maximum atomic E-state index is 12.2. The predicted octanol–water partition coefficient (Wildman–Crippen LogP) is 4.70. The lowest BCUT2D eigenvalue weighted by atomic mass is 10.2. The van der Waals surface area contributed by atoms with Crippen LogP contribution in [0.4, 0.5) is 5.69 Å². The average Bonchev–Trinajstić information content (AvgIpc) is 3.18. The van der Waals surface area contributed by atoms with E-state index < -0.39 is 0 Å². The molecule has 7 heteroatoms. The number of aromatic hydroxyl groups is 1. The summed E-state index contributed by atoms with van der Waals surface area (Å²) in [6, 6.07) is 19.7. The number of aromatic nitrogens is 1. The third-order valence-electron chi connectivity index (χ3n) is 4.23. The van der Waals surface area contributed by atoms with Gasteiger partial charge in [0, 0.05) is 5.69 Å². The van der Waals surface area contributed by atoms with Crippen LogP contribution < -0.4 is 14.8 Å². The van der Waals surface area contributed by atoms with E-state index in [2.05, 4.69) is 10.3 Å². The Balaban J connectivity index is 1.46. The zero-order chi connectivity index (χ0) is 20.2. The average molecular weight is 406 g/mol. The summed E-state index contributed by atoms with van der Waals surface area (Å²) in [4.78, 5) is 16.8. The van der Waals surface area contributed by atoms with Gasteiger partial charge in [-0.2, -0.15) is 0 Å². The van der Waals surface area contributed by atoms with E-state index in [1.807, 2.05) is 24.3 Å². The van der Waals surface area contributed by atoms with Crippen molar-refractivity contribution in [2.45, 2.75) is 0 Å². The number of para-hydroxylation sites is 1. The molecular weight excluding hydrogens is 388 g/mol. The highest BCUT2D eigenvalue weighted by Crippen LogP contribution is 2.36. The van der Waals surface area contributed by atoms with E-state index >= 15 is 0 Å². The second-order valence-corrected chi connectivity index (χ2v) is 7.26. The smallest absolute Gasteiger partial charge is 0.262 e. The van der Waals surface area contributed by atoms with Gasteiger partial charge in [0.05, 0.1) is 22.9 Å². The molecule has 0 aliphatic carbocycles. The van der Waals surface area contributed by atoms with E-state index in [1.54, 1.807) is 49.6 Å². The molecule has 0 bridgehead atoms. The maximum absolute atomic E-state index is 12.2. The number of nitrogens with one attached hydrogen (secondary N) is 1. The molecule has 0 unspecified atom stereocenters. The first-order valence-corrected chi connectivity index (χ1v) is 9.70. The van der Waals surface area contributed by atoms with E-state index in [0.29, 0.717) is 27.8 Å². The van der Waals surface area contributed by atoms with Crippen LogP contribution in [0.1, 0.15) is 0 Å². The third-order valence-corrected chi connectivity index (χ3v) is 5.30. The SMILES string of the molecule is COc1ccc(OCC(=O)Nc2ccc(O)c(-c3nc4ccccc4s3)c2)cc1. The minimum atomic E-state index is -0.304. The summed E-state index contributed by atoms with van der Waals surface area (Å²) < 4.78 is 11.6. The second kappa shape index (κ2) is 8.20. The molecule has 0 radical (unpaired) electrons. The van der Waals surface area contributed by atoms with Crippen molar-refractivity contribution < 1.29 is 19.4 Å². The fourth-order valence-corrected chi connectivity index (χ4v) is 3.78. The first kappa shape index (κ1) is 18.8. The highest BCUT2D eigenvalue weighted by molar-refractivity contribution is 7.21. The molecule has 29 heavy (non-hydrogen) atoms. The second-order valence-electron chi connectivity index (χ2n) is 6.23. The summed E-state index contributed by atoms with van der Waals surface area (Å²) in [6.45, 7) is -0.135. The van der Waals surface area contributed by atoms with Crippen LogP contribution in [0, 0.1) is 0 Å². The van der Waals surface area contributed by atoms with Crippen molar-refractivity contribution in [1.82, 2.24) is 4.98 Å². The first-order chi connectivity index (χ1) is 14.1. The molecule has 0 aliphatic rings. The fraction of sp³-hybridized carbons (Fsp3) is 0.0909. The van der Waals surface area contributed by atoms with Crippen molar-refractivity contribution in [3.63, 3.8) is 0 Å². The molecule has 0 atom stereocenters. The molecule has 1 amide bonds. The lowest BCUT2D eigenvalue weighted by molar-refractivity contribution is -0.118. The highest BCUT2D eigenvalue weighted by Gasteiger charge is 2.12. The number of carbonyl (C=O) groups is 1. The van der Waals surface area contributed by atoms with Crippen molar-refractivity contribution in [1.29, 1.82) is 0 Å². The van der Waals surface area contributed by atoms with Crippen LogP contribution >= 0.6 is 11.3 Å². The van der Waals surface area contributed by atoms with Gasteiger partial charge in [-0.05, 0) is 54.6 Å². The number of nitrogens with zero attached hydrogens (tertiary/aromatic N) is 1. The molecule has 0 saturated heterocycles. The molecule has 1 aromatic heterocycles. The van der Waals surface area contributed by atoms with Crippen molar-refractivity contribution in [2.75, 3.05) is 19.0 Å². The summed E-state index contributed by atoms with van der Waals surface area (Å²) in [7, 11) is 1.59. The molecule has 3 aromatic carbocycles. The number of phenols is 1. The monoisotopic (exact) mass is 406 g/mol. The lowest BCUT2D eigenvalue weighted by Crippen LogP contribution is -2.20. The normalized spacial score (nSPS) is 10.7. The van der Waals surface area contributed by atoms with E-state index in [1.165, 1.54) is 11.3 Å². The molecule has 0 spiro atoms. The first-order valence-electron chi connectivity index (χ1n) is 8.88. The van der Waals surface area contributed by atoms with Crippen molar-refractivity contribution in [3.8, 4) is 27.8 Å². The maximum Gasteiger partial charge on any atom is 0.262 e. The summed E-state index contributed by atoms with van der Waals surface area (Å²) in [5.74, 6) is 1.09. The molecule has 2 N–H and O–H groups in total. The minimum Gasteiger partial charge on any atom is -0.507 e. The van der Waals surface area contributed by atoms with E-state index in [9.17, 15) is 9.90 Å². The number of ether oxygens (including phenoxy) is 2. The van der Waals surface area contributed by atoms with Crippen LogP contribution in [0.25, 0.3) is 20.8 Å². The lowest BCUT2D eigenvalue weighted by Gasteiger charge is -2.09. The Morgan fingerprint density at radius 1 is 1.07 bits per heavy atom. The molecular formula is C22H18N2O4S. The molecule has 0 saturated carbocycles. The molecule has 146 valence electrons. The van der Waals surface area contributed by atoms with Crippen molar-refractivity contribution in [2.24, 2.45) is 0 Å². The molecule has 4 rings (SSSR count). The quantitative estimate of drug-likeness (QED) is 0.454. The van der Waals surface area contributed by atoms with Gasteiger partial charge in [-0.1, -0.05) is 12.1 Å². The molecule has 4 aromatic rings. The summed E-state index contributed by atoms with van der Waals surface area (Å²) >= 11 is 1.48. The van der Waals surface area contributed by atoms with Crippen LogP contribution in [0.2, 0.25) is 0 Å². The Hall–Kier alpha value is -3.58. The summed E-state index contributed by atoms with van der Waals surface area (Å²) in [5, 5.41) is 13.7. The van der Waals surface area contributed by atoms with Gasteiger partial charge in [-0.15, -0.1) is 11.3 Å². The van der Waals surface area contributed by atoms with E-state index in [4.69, 9.17) is 9.47 Å². The number of fused-ring (bicyclic) bond motifs is 1. The van der Waals surface area contributed by atoms with Crippen LogP contribution in [-0.2, 0) is 4.79 Å². The van der Waals surface area contributed by atoms with Gasteiger partial charge in [-0.3, -0.25) is 4.79 Å². The number of hydrogen-bond acceptors (Lipinski definition) is 6. The van der Waals surface area contributed by atoms with E-state index in [0.717, 1.165) is 10.2 Å². The van der Waals surface area contributed by atoms with Crippen LogP contribution in [0.15, 0.2) is 66.7 Å². The predicted molar refractivity (Wildman–Crippen MR) is 114 cm³/mol. The van der Waals surface area contributed by atoms with Crippen molar-refractivity contribution >= 4 is 33.1 Å².